The van der Waals surface area contributed by atoms with E-state index in [2.05, 4.69) is 16.9 Å². The van der Waals surface area contributed by atoms with Crippen molar-refractivity contribution in [2.24, 2.45) is 0 Å². The summed E-state index contributed by atoms with van der Waals surface area (Å²) in [7, 11) is 0. The van der Waals surface area contributed by atoms with Gasteiger partial charge in [-0.2, -0.15) is 0 Å². The average molecular weight is 223 g/mol. The first-order valence-corrected chi connectivity index (χ1v) is 5.22. The lowest BCUT2D eigenvalue weighted by molar-refractivity contribution is 0.318. The molecular formula is C11H11ClN2O. The highest BCUT2D eigenvalue weighted by Gasteiger charge is 2.00. The van der Waals surface area contributed by atoms with Gasteiger partial charge in [-0.1, -0.05) is 6.92 Å². The number of hydrogen-bond donors (Lipinski definition) is 0. The molecule has 0 radical (unpaired) electrons. The Hall–Kier alpha value is -1.35. The first kappa shape index (κ1) is 10.2. The summed E-state index contributed by atoms with van der Waals surface area (Å²) in [5.74, 6) is 0.819. The fourth-order valence-electron chi connectivity index (χ4n) is 1.29. The summed E-state index contributed by atoms with van der Waals surface area (Å²) in [6.45, 7) is 2.78. The normalized spacial score (nSPS) is 10.5. The molecule has 0 aliphatic carbocycles. The van der Waals surface area contributed by atoms with Crippen molar-refractivity contribution < 1.29 is 4.74 Å². The predicted molar refractivity (Wildman–Crippen MR) is 60.3 cm³/mol. The molecule has 0 bridgehead atoms. The molecular weight excluding hydrogens is 212 g/mol. The molecule has 0 aliphatic rings. The largest absolute Gasteiger partial charge is 0.494 e. The molecule has 2 rings (SSSR count). The van der Waals surface area contributed by atoms with Crippen LogP contribution in [0.5, 0.6) is 5.75 Å². The third-order valence-electron chi connectivity index (χ3n) is 2.00. The number of fused-ring (bicyclic) bond motifs is 1. The zero-order chi connectivity index (χ0) is 10.7. The van der Waals surface area contributed by atoms with Gasteiger partial charge in [-0.05, 0) is 30.2 Å². The van der Waals surface area contributed by atoms with Gasteiger partial charge in [-0.25, -0.2) is 9.97 Å². The lowest BCUT2D eigenvalue weighted by Gasteiger charge is -2.05. The highest BCUT2D eigenvalue weighted by atomic mass is 35.5. The second kappa shape index (κ2) is 4.45. The smallest absolute Gasteiger partial charge is 0.222 e. The fourth-order valence-corrected chi connectivity index (χ4v) is 1.43. The Bertz CT molecular complexity index is 473. The summed E-state index contributed by atoms with van der Waals surface area (Å²) in [4.78, 5) is 8.03. The van der Waals surface area contributed by atoms with E-state index in [0.29, 0.717) is 6.61 Å². The number of nitrogens with zero attached hydrogens (tertiary/aromatic N) is 2. The molecule has 0 spiro atoms. The van der Waals surface area contributed by atoms with E-state index in [0.717, 1.165) is 23.1 Å². The summed E-state index contributed by atoms with van der Waals surface area (Å²) in [5, 5.41) is 1.22. The van der Waals surface area contributed by atoms with E-state index in [9.17, 15) is 0 Å². The van der Waals surface area contributed by atoms with Gasteiger partial charge in [0.1, 0.15) is 5.75 Å². The maximum atomic E-state index is 5.71. The quantitative estimate of drug-likeness (QED) is 0.749. The van der Waals surface area contributed by atoms with E-state index in [1.54, 1.807) is 6.20 Å². The lowest BCUT2D eigenvalue weighted by atomic mass is 10.2. The van der Waals surface area contributed by atoms with Gasteiger partial charge < -0.3 is 4.74 Å². The highest BCUT2D eigenvalue weighted by molar-refractivity contribution is 6.28. The summed E-state index contributed by atoms with van der Waals surface area (Å²) in [6, 6.07) is 5.71. The Labute approximate surface area is 93.1 Å². The van der Waals surface area contributed by atoms with E-state index in [1.807, 2.05) is 18.2 Å². The molecule has 0 aliphatic heterocycles. The van der Waals surface area contributed by atoms with Crippen molar-refractivity contribution >= 4 is 22.5 Å². The van der Waals surface area contributed by atoms with Crippen LogP contribution in [0.4, 0.5) is 0 Å². The second-order valence-corrected chi connectivity index (χ2v) is 3.55. The summed E-state index contributed by atoms with van der Waals surface area (Å²) in [6.07, 6.45) is 2.69. The highest BCUT2D eigenvalue weighted by Crippen LogP contribution is 2.19. The van der Waals surface area contributed by atoms with Crippen molar-refractivity contribution in [2.75, 3.05) is 6.61 Å². The Morgan fingerprint density at radius 2 is 2.27 bits per heavy atom. The zero-order valence-electron chi connectivity index (χ0n) is 8.40. The number of hydrogen-bond acceptors (Lipinski definition) is 3. The molecule has 3 nitrogen and oxygen atoms in total. The monoisotopic (exact) mass is 222 g/mol. The van der Waals surface area contributed by atoms with Crippen LogP contribution >= 0.6 is 11.6 Å². The van der Waals surface area contributed by atoms with Gasteiger partial charge in [0, 0.05) is 17.6 Å². The summed E-state index contributed by atoms with van der Waals surface area (Å²) in [5.41, 5.74) is 0.809. The van der Waals surface area contributed by atoms with E-state index >= 15 is 0 Å². The molecule has 1 aromatic heterocycles. The van der Waals surface area contributed by atoms with E-state index in [4.69, 9.17) is 16.3 Å². The molecule has 1 aromatic carbocycles. The van der Waals surface area contributed by atoms with Crippen LogP contribution < -0.4 is 4.74 Å². The van der Waals surface area contributed by atoms with Crippen LogP contribution in [-0.2, 0) is 0 Å². The van der Waals surface area contributed by atoms with Crippen molar-refractivity contribution in [1.82, 2.24) is 9.97 Å². The van der Waals surface area contributed by atoms with Gasteiger partial charge in [-0.15, -0.1) is 0 Å². The molecule has 0 atom stereocenters. The Balaban J connectivity index is 2.36. The predicted octanol–water partition coefficient (Wildman–Crippen LogP) is 3.07. The molecule has 0 saturated carbocycles. The lowest BCUT2D eigenvalue weighted by Crippen LogP contribution is -1.95. The average Bonchev–Trinajstić information content (AvgIpc) is 2.25. The van der Waals surface area contributed by atoms with Crippen molar-refractivity contribution in [2.45, 2.75) is 13.3 Å². The van der Waals surface area contributed by atoms with Crippen LogP contribution in [0.1, 0.15) is 13.3 Å². The molecule has 0 amide bonds. The van der Waals surface area contributed by atoms with Crippen LogP contribution in [-0.4, -0.2) is 16.6 Å². The van der Waals surface area contributed by atoms with Crippen LogP contribution in [0.2, 0.25) is 5.28 Å². The first-order chi connectivity index (χ1) is 7.29. The maximum absolute atomic E-state index is 5.71. The minimum Gasteiger partial charge on any atom is -0.494 e. The third-order valence-corrected chi connectivity index (χ3v) is 2.18. The van der Waals surface area contributed by atoms with E-state index < -0.39 is 0 Å². The molecule has 15 heavy (non-hydrogen) atoms. The molecule has 2 aromatic rings. The van der Waals surface area contributed by atoms with Crippen molar-refractivity contribution in [3.63, 3.8) is 0 Å². The Morgan fingerprint density at radius 3 is 3.07 bits per heavy atom. The van der Waals surface area contributed by atoms with Crippen LogP contribution in [0.25, 0.3) is 10.9 Å². The molecule has 0 fully saturated rings. The second-order valence-electron chi connectivity index (χ2n) is 3.21. The van der Waals surface area contributed by atoms with Gasteiger partial charge in [0.25, 0.3) is 0 Å². The summed E-state index contributed by atoms with van der Waals surface area (Å²) < 4.78 is 5.50. The number of ether oxygens (including phenoxy) is 1. The number of aromatic nitrogens is 2. The standard InChI is InChI=1S/C11H11ClN2O/c1-2-5-15-9-4-3-8-7-13-11(12)14-10(8)6-9/h3-4,6-7H,2,5H2,1H3. The minimum atomic E-state index is 0.259. The van der Waals surface area contributed by atoms with Crippen molar-refractivity contribution in [3.05, 3.63) is 29.7 Å². The van der Waals surface area contributed by atoms with Crippen LogP contribution in [0.3, 0.4) is 0 Å². The fraction of sp³-hybridized carbons (Fsp3) is 0.273. The number of halogens is 1. The summed E-state index contributed by atoms with van der Waals surface area (Å²) >= 11 is 5.71. The first-order valence-electron chi connectivity index (χ1n) is 4.84. The van der Waals surface area contributed by atoms with Gasteiger partial charge in [-0.3, -0.25) is 0 Å². The van der Waals surface area contributed by atoms with Gasteiger partial charge in [0.15, 0.2) is 0 Å². The Kier molecular flexibility index (Phi) is 3.02. The van der Waals surface area contributed by atoms with Crippen molar-refractivity contribution in [3.8, 4) is 5.75 Å². The van der Waals surface area contributed by atoms with Gasteiger partial charge in [0.2, 0.25) is 5.28 Å². The van der Waals surface area contributed by atoms with E-state index in [-0.39, 0.29) is 5.28 Å². The number of benzene rings is 1. The van der Waals surface area contributed by atoms with Crippen molar-refractivity contribution in [1.29, 1.82) is 0 Å². The number of rotatable bonds is 3. The third kappa shape index (κ3) is 2.36. The van der Waals surface area contributed by atoms with Gasteiger partial charge >= 0.3 is 0 Å². The topological polar surface area (TPSA) is 35.0 Å². The molecule has 4 heteroatoms. The SMILES string of the molecule is CCCOc1ccc2cnc(Cl)nc2c1. The maximum Gasteiger partial charge on any atom is 0.222 e. The molecule has 1 heterocycles. The molecule has 78 valence electrons. The molecule has 0 N–H and O–H groups in total. The van der Waals surface area contributed by atoms with Crippen LogP contribution in [0.15, 0.2) is 24.4 Å². The minimum absolute atomic E-state index is 0.259. The van der Waals surface area contributed by atoms with E-state index in [1.165, 1.54) is 0 Å². The molecule has 0 unspecified atom stereocenters. The van der Waals surface area contributed by atoms with Crippen LogP contribution in [0, 0.1) is 0 Å². The Morgan fingerprint density at radius 1 is 1.40 bits per heavy atom. The zero-order valence-corrected chi connectivity index (χ0v) is 9.16. The van der Waals surface area contributed by atoms with Gasteiger partial charge in [0.05, 0.1) is 12.1 Å². The molecule has 0 saturated heterocycles.